The normalized spacial score (nSPS) is 13.2. The quantitative estimate of drug-likeness (QED) is 0.0405. The van der Waals surface area contributed by atoms with Gasteiger partial charge in [-0.3, -0.25) is 0 Å². The third-order valence-corrected chi connectivity index (χ3v) is 12.0. The monoisotopic (exact) mass is 1070 g/mol. The summed E-state index contributed by atoms with van der Waals surface area (Å²) in [6.45, 7) is 2.80. The first-order valence-corrected chi connectivity index (χ1v) is 24.5. The number of likely N-dealkylation sites (N-methyl/N-ethyl adjacent to an activating group) is 3. The minimum Gasteiger partial charge on any atom is -0.408 e. The molecule has 27 nitrogen and oxygen atoms in total. The molecule has 7 rings (SSSR count). The number of amides is 3. The Balaban J connectivity index is 1.15. The minimum absolute atomic E-state index is 0.0118. The lowest BCUT2D eigenvalue weighted by atomic mass is 10.1. The molecule has 3 aromatic carbocycles. The van der Waals surface area contributed by atoms with Gasteiger partial charge in [-0.05, 0) is 122 Å². The van der Waals surface area contributed by atoms with Crippen LogP contribution in [0.3, 0.4) is 0 Å². The van der Waals surface area contributed by atoms with Gasteiger partial charge in [-0.15, -0.1) is 40.0 Å². The Morgan fingerprint density at radius 2 is 0.949 bits per heavy atom. The summed E-state index contributed by atoms with van der Waals surface area (Å²) in [4.78, 5) is 53.3. The number of hydrogen-bond donors (Lipinski definition) is 6. The summed E-state index contributed by atoms with van der Waals surface area (Å²) >= 11 is 0. The Kier molecular flexibility index (Phi) is 18.5. The predicted octanol–water partition coefficient (Wildman–Crippen LogP) is 6.32. The number of likely N-dealkylation sites (tertiary alicyclic amines) is 1. The highest BCUT2D eigenvalue weighted by molar-refractivity contribution is 5.82. The lowest BCUT2D eigenvalue weighted by Gasteiger charge is -2.35. The van der Waals surface area contributed by atoms with Gasteiger partial charge in [0, 0.05) is 38.8 Å². The van der Waals surface area contributed by atoms with Crippen LogP contribution in [-0.4, -0.2) is 130 Å². The van der Waals surface area contributed by atoms with Crippen molar-refractivity contribution in [2.45, 2.75) is 18.9 Å². The lowest BCUT2D eigenvalue weighted by molar-refractivity contribution is -0.659. The number of nitrogens with zero attached hydrogens (tertiary/aromatic N) is 15. The van der Waals surface area contributed by atoms with Gasteiger partial charge in [-0.2, -0.15) is 10.0 Å². The van der Waals surface area contributed by atoms with Crippen LogP contribution in [0.2, 0.25) is 0 Å². The summed E-state index contributed by atoms with van der Waals surface area (Å²) < 4.78 is 20.3. The smallest absolute Gasteiger partial charge is 0.408 e. The lowest BCUT2D eigenvalue weighted by Crippen LogP contribution is -2.69. The molecule has 4 heterocycles. The molecule has 3 aromatic heterocycles. The molecular weight excluding hydrogens is 1000 g/mol. The molecular formula is C51H65N21O6+2. The number of carbonyl (C=O) groups is 3. The highest BCUT2D eigenvalue weighted by Gasteiger charge is 2.36. The second-order valence-electron chi connectivity index (χ2n) is 18.5. The number of aromatic nitrogens is 3. The topological polar surface area (TPSA) is 349 Å². The third kappa shape index (κ3) is 14.2. The Labute approximate surface area is 450 Å². The number of para-hydroxylation sites is 3. The second kappa shape index (κ2) is 25.8. The number of nitrogen functional groups attached to an aromatic ring is 6. The average Bonchev–Trinajstić information content (AvgIpc) is 3.42. The number of anilines is 6. The minimum atomic E-state index is -0.890. The molecule has 0 atom stereocenters. The number of hydrogen-bond acceptors (Lipinski definition) is 22. The van der Waals surface area contributed by atoms with Crippen LogP contribution < -0.4 is 68.0 Å². The first-order chi connectivity index (χ1) is 37.4. The summed E-state index contributed by atoms with van der Waals surface area (Å²) in [5.74, 6) is 0.629. The Morgan fingerprint density at radius 3 is 1.46 bits per heavy atom. The van der Waals surface area contributed by atoms with Crippen LogP contribution in [0.1, 0.15) is 12.8 Å². The van der Waals surface area contributed by atoms with Crippen molar-refractivity contribution in [2.24, 2.45) is 30.7 Å². The van der Waals surface area contributed by atoms with Gasteiger partial charge in [0.15, 0.2) is 34.4 Å². The van der Waals surface area contributed by atoms with Gasteiger partial charge in [0.2, 0.25) is 11.6 Å². The molecule has 0 bridgehead atoms. The fourth-order valence-corrected chi connectivity index (χ4v) is 7.69. The van der Waals surface area contributed by atoms with E-state index in [4.69, 9.17) is 48.6 Å². The molecule has 1 aliphatic heterocycles. The van der Waals surface area contributed by atoms with Crippen LogP contribution >= 0.6 is 0 Å². The molecule has 1 saturated heterocycles. The molecule has 27 heteroatoms. The number of carbonyl (C=O) groups excluding carboxylic acids is 3. The largest absolute Gasteiger partial charge is 0.446 e. The van der Waals surface area contributed by atoms with Gasteiger partial charge in [0.1, 0.15) is 28.6 Å². The van der Waals surface area contributed by atoms with Gasteiger partial charge in [0.25, 0.3) is 11.6 Å². The zero-order chi connectivity index (χ0) is 56.0. The maximum atomic E-state index is 14.5. The molecule has 78 heavy (non-hydrogen) atoms. The van der Waals surface area contributed by atoms with Crippen LogP contribution in [0.4, 0.5) is 83.4 Å². The van der Waals surface area contributed by atoms with Gasteiger partial charge in [-0.1, -0.05) is 36.4 Å². The average molecular weight is 1070 g/mol. The molecule has 1 aliphatic rings. The van der Waals surface area contributed by atoms with Crippen LogP contribution in [0.15, 0.2) is 140 Å². The van der Waals surface area contributed by atoms with E-state index in [0.717, 1.165) is 0 Å². The van der Waals surface area contributed by atoms with Gasteiger partial charge in [-0.25, -0.2) is 19.4 Å². The zero-order valence-electron chi connectivity index (χ0n) is 44.2. The summed E-state index contributed by atoms with van der Waals surface area (Å²) in [6, 6.07) is 28.5. The van der Waals surface area contributed by atoms with E-state index in [2.05, 4.69) is 40.6 Å². The van der Waals surface area contributed by atoms with Crippen LogP contribution in [-0.2, 0) is 0 Å². The molecule has 0 radical (unpaired) electrons. The van der Waals surface area contributed by atoms with Crippen molar-refractivity contribution in [1.82, 2.24) is 24.6 Å². The predicted molar refractivity (Wildman–Crippen MR) is 295 cm³/mol. The van der Waals surface area contributed by atoms with E-state index in [1.165, 1.54) is 60.7 Å². The van der Waals surface area contributed by atoms with Crippen molar-refractivity contribution in [3.63, 3.8) is 0 Å². The van der Waals surface area contributed by atoms with Gasteiger partial charge in [0.05, 0.1) is 12.6 Å². The van der Waals surface area contributed by atoms with E-state index in [1.807, 2.05) is 45.0 Å². The van der Waals surface area contributed by atoms with E-state index < -0.39 is 24.3 Å². The molecule has 0 unspecified atom stereocenters. The van der Waals surface area contributed by atoms with E-state index in [0.29, 0.717) is 45.6 Å². The molecule has 0 saturated carbocycles. The first kappa shape index (κ1) is 56.1. The first-order valence-electron chi connectivity index (χ1n) is 24.5. The highest BCUT2D eigenvalue weighted by Crippen LogP contribution is 2.34. The number of benzene rings is 3. The zero-order valence-corrected chi connectivity index (χ0v) is 44.2. The standard InChI is InChI=1S/C51H63N21O6/c1-65(2)29-31-68(6)49(73)76-40-16-10-7-13-34(40)60-63-38-20-23-44(53)71(47(38)56)69(32-30-66(3)4)50(74)77-41-17-11-8-14-35(41)61-64-39-21-24-45(54)72(48(39)57)70(33-25-27-67(5)28-26-33)51(75)78-42-18-12-9-15-36(42)59-62-37-19-22-43(52)58-46(37)55/h7-24,33H,25-32H2,1-6H3,(H10,52,53,54,55,56,57,58,59,60,61)/p+2. The fraction of sp³-hybridized carbons (Fsp3) is 0.294. The molecule has 3 amide bonds. The highest BCUT2D eigenvalue weighted by atomic mass is 16.6. The molecule has 6 aromatic rings. The van der Waals surface area contributed by atoms with E-state index in [-0.39, 0.29) is 92.8 Å². The third-order valence-electron chi connectivity index (χ3n) is 12.0. The van der Waals surface area contributed by atoms with Crippen molar-refractivity contribution in [1.29, 1.82) is 0 Å². The maximum absolute atomic E-state index is 14.5. The molecule has 1 fully saturated rings. The van der Waals surface area contributed by atoms with Gasteiger partial charge >= 0.3 is 18.3 Å². The van der Waals surface area contributed by atoms with Crippen molar-refractivity contribution in [2.75, 3.05) is 126 Å². The van der Waals surface area contributed by atoms with Crippen molar-refractivity contribution < 1.29 is 37.9 Å². The second-order valence-corrected chi connectivity index (χ2v) is 18.5. The SMILES string of the molecule is CN(C)CCN(C)C(=O)Oc1ccccc1/N=N/c1ccc(N)[n+](N(CCN(C)C)C(=O)Oc2ccccc2/N=N/c2ccc(N)[n+](N(C(=O)Oc3ccccc3/N=N/c3ccc(N)nc3N)C3CCN(C)CC3)c2N)c1N. The number of rotatable bonds is 18. The van der Waals surface area contributed by atoms with Crippen molar-refractivity contribution >= 4 is 87.3 Å². The molecule has 0 spiro atoms. The number of piperidine rings is 1. The summed E-state index contributed by atoms with van der Waals surface area (Å²) in [7, 11) is 11.1. The molecule has 408 valence electrons. The Morgan fingerprint density at radius 1 is 0.526 bits per heavy atom. The summed E-state index contributed by atoms with van der Waals surface area (Å²) in [6.07, 6.45) is -1.18. The Hall–Kier alpha value is -9.60. The Bertz CT molecular complexity index is 3200. The van der Waals surface area contributed by atoms with Crippen LogP contribution in [0.25, 0.3) is 0 Å². The van der Waals surface area contributed by atoms with Crippen LogP contribution in [0.5, 0.6) is 17.2 Å². The number of pyridine rings is 3. The number of azo groups is 3. The fourth-order valence-electron chi connectivity index (χ4n) is 7.69. The van der Waals surface area contributed by atoms with Crippen LogP contribution in [0, 0.1) is 0 Å². The van der Waals surface area contributed by atoms with Crippen molar-refractivity contribution in [3.8, 4) is 17.2 Å². The summed E-state index contributed by atoms with van der Waals surface area (Å²) in [5.41, 5.74) is 39.6. The van der Waals surface area contributed by atoms with E-state index in [1.54, 1.807) is 79.8 Å². The summed E-state index contributed by atoms with van der Waals surface area (Å²) in [5, 5.41) is 28.8. The van der Waals surface area contributed by atoms with E-state index >= 15 is 0 Å². The molecule has 12 N–H and O–H groups in total. The van der Waals surface area contributed by atoms with Crippen molar-refractivity contribution in [3.05, 3.63) is 109 Å². The number of ether oxygens (including phenoxy) is 3. The maximum Gasteiger partial charge on any atom is 0.446 e. The van der Waals surface area contributed by atoms with Gasteiger partial charge < -0.3 is 68.2 Å². The van der Waals surface area contributed by atoms with E-state index in [9.17, 15) is 14.4 Å². The molecule has 0 aliphatic carbocycles. The number of nitrogens with two attached hydrogens (primary N) is 6.